The van der Waals surface area contributed by atoms with Crippen molar-refractivity contribution in [1.29, 1.82) is 0 Å². The highest BCUT2D eigenvalue weighted by Crippen LogP contribution is 2.27. The maximum atomic E-state index is 12.4. The van der Waals surface area contributed by atoms with Crippen LogP contribution in [0.3, 0.4) is 0 Å². The summed E-state index contributed by atoms with van der Waals surface area (Å²) in [5, 5.41) is 11.2. The van der Waals surface area contributed by atoms with Gasteiger partial charge in [0.15, 0.2) is 0 Å². The summed E-state index contributed by atoms with van der Waals surface area (Å²) in [5.74, 6) is 0.527. The Labute approximate surface area is 164 Å². The monoisotopic (exact) mass is 395 g/mol. The summed E-state index contributed by atoms with van der Waals surface area (Å²) in [6.45, 7) is 0. The average molecular weight is 396 g/mol. The molecule has 0 saturated carbocycles. The highest BCUT2D eigenvalue weighted by molar-refractivity contribution is 6.33. The number of nitrogens with zero attached hydrogens (tertiary/aromatic N) is 6. The van der Waals surface area contributed by atoms with Crippen molar-refractivity contribution >= 4 is 23.2 Å². The number of hydrogen-bond donors (Lipinski definition) is 1. The van der Waals surface area contributed by atoms with Crippen LogP contribution >= 0.6 is 11.6 Å². The number of para-hydroxylation sites is 1. The van der Waals surface area contributed by atoms with Gasteiger partial charge in [-0.15, -0.1) is 0 Å². The molecule has 0 aliphatic carbocycles. The fourth-order valence-electron chi connectivity index (χ4n) is 2.56. The third kappa shape index (κ3) is 3.89. The minimum Gasteiger partial charge on any atom is -0.339 e. The molecule has 1 N–H and O–H groups in total. The normalized spacial score (nSPS) is 10.8. The molecule has 28 heavy (non-hydrogen) atoms. The molecule has 1 aromatic carbocycles. The van der Waals surface area contributed by atoms with Crippen LogP contribution in [0.1, 0.15) is 12.3 Å². The third-order valence-electron chi connectivity index (χ3n) is 3.84. The molecule has 0 saturated heterocycles. The maximum Gasteiger partial charge on any atom is 0.227 e. The number of rotatable bonds is 6. The van der Waals surface area contributed by atoms with Crippen LogP contribution < -0.4 is 5.32 Å². The van der Waals surface area contributed by atoms with Crippen molar-refractivity contribution in [1.82, 2.24) is 29.9 Å². The largest absolute Gasteiger partial charge is 0.339 e. The van der Waals surface area contributed by atoms with E-state index in [0.29, 0.717) is 40.2 Å². The predicted octanol–water partition coefficient (Wildman–Crippen LogP) is 2.94. The highest BCUT2D eigenvalue weighted by atomic mass is 35.5. The zero-order valence-electron chi connectivity index (χ0n) is 14.5. The van der Waals surface area contributed by atoms with Crippen molar-refractivity contribution in [3.63, 3.8) is 0 Å². The van der Waals surface area contributed by atoms with E-state index in [2.05, 4.69) is 30.5 Å². The number of pyridine rings is 1. The molecule has 1 amide bonds. The first-order valence-corrected chi connectivity index (χ1v) is 8.76. The van der Waals surface area contributed by atoms with E-state index in [9.17, 15) is 4.79 Å². The molecule has 9 nitrogen and oxygen atoms in total. The topological polar surface area (TPSA) is 112 Å². The van der Waals surface area contributed by atoms with Crippen LogP contribution in [0.4, 0.5) is 5.69 Å². The standard InChI is InChI=1S/C18H14ClN7O2/c19-12-4-3-6-13(17(12)26-11-20-10-22-26)23-15(27)7-8-16-24-18(25-28-16)14-5-1-2-9-21-14/h1-6,9-11H,7-8H2,(H,23,27). The van der Waals surface area contributed by atoms with Crippen molar-refractivity contribution in [2.24, 2.45) is 0 Å². The molecule has 0 fully saturated rings. The lowest BCUT2D eigenvalue weighted by Gasteiger charge is -2.12. The zero-order chi connectivity index (χ0) is 19.3. The van der Waals surface area contributed by atoms with Gasteiger partial charge in [-0.2, -0.15) is 10.1 Å². The lowest BCUT2D eigenvalue weighted by atomic mass is 10.2. The molecule has 4 aromatic rings. The van der Waals surface area contributed by atoms with Crippen molar-refractivity contribution in [2.45, 2.75) is 12.8 Å². The number of benzene rings is 1. The molecule has 0 bridgehead atoms. The molecule has 0 aliphatic rings. The molecule has 140 valence electrons. The number of aryl methyl sites for hydroxylation is 1. The molecule has 0 spiro atoms. The third-order valence-corrected chi connectivity index (χ3v) is 4.14. The minimum atomic E-state index is -0.221. The number of amides is 1. The van der Waals surface area contributed by atoms with Crippen LogP contribution in [-0.4, -0.2) is 35.8 Å². The van der Waals surface area contributed by atoms with E-state index in [-0.39, 0.29) is 12.3 Å². The van der Waals surface area contributed by atoms with Crippen LogP contribution in [0.25, 0.3) is 17.2 Å². The number of halogens is 1. The predicted molar refractivity (Wildman–Crippen MR) is 101 cm³/mol. The zero-order valence-corrected chi connectivity index (χ0v) is 15.2. The Balaban J connectivity index is 1.42. The van der Waals surface area contributed by atoms with E-state index in [4.69, 9.17) is 16.1 Å². The Bertz CT molecular complexity index is 1080. The Kier molecular flexibility index (Phi) is 5.07. The maximum absolute atomic E-state index is 12.4. The second-order valence-electron chi connectivity index (χ2n) is 5.75. The molecule has 0 unspecified atom stereocenters. The van der Waals surface area contributed by atoms with Gasteiger partial charge in [-0.25, -0.2) is 9.67 Å². The van der Waals surface area contributed by atoms with Gasteiger partial charge in [-0.3, -0.25) is 9.78 Å². The van der Waals surface area contributed by atoms with E-state index in [0.717, 1.165) is 0 Å². The molecular weight excluding hydrogens is 382 g/mol. The van der Waals surface area contributed by atoms with E-state index in [1.165, 1.54) is 17.3 Å². The van der Waals surface area contributed by atoms with Gasteiger partial charge in [0.05, 0.1) is 10.7 Å². The van der Waals surface area contributed by atoms with E-state index in [1.54, 1.807) is 36.5 Å². The summed E-state index contributed by atoms with van der Waals surface area (Å²) in [7, 11) is 0. The number of nitrogens with one attached hydrogen (secondary N) is 1. The number of anilines is 1. The van der Waals surface area contributed by atoms with E-state index < -0.39 is 0 Å². The van der Waals surface area contributed by atoms with Crippen molar-refractivity contribution in [2.75, 3.05) is 5.32 Å². The van der Waals surface area contributed by atoms with Crippen LogP contribution in [0.2, 0.25) is 5.02 Å². The van der Waals surface area contributed by atoms with Gasteiger partial charge in [0, 0.05) is 19.0 Å². The van der Waals surface area contributed by atoms with Gasteiger partial charge in [0.1, 0.15) is 24.0 Å². The second kappa shape index (κ2) is 7.97. The van der Waals surface area contributed by atoms with E-state index >= 15 is 0 Å². The number of hydrogen-bond acceptors (Lipinski definition) is 7. The smallest absolute Gasteiger partial charge is 0.227 e. The lowest BCUT2D eigenvalue weighted by molar-refractivity contribution is -0.116. The van der Waals surface area contributed by atoms with Gasteiger partial charge in [-0.05, 0) is 24.3 Å². The van der Waals surface area contributed by atoms with Crippen LogP contribution in [0, 0.1) is 0 Å². The van der Waals surface area contributed by atoms with Gasteiger partial charge in [0.2, 0.25) is 17.6 Å². The number of aromatic nitrogens is 6. The lowest BCUT2D eigenvalue weighted by Crippen LogP contribution is -2.14. The average Bonchev–Trinajstić information content (AvgIpc) is 3.39. The van der Waals surface area contributed by atoms with Gasteiger partial charge >= 0.3 is 0 Å². The Morgan fingerprint density at radius 3 is 2.93 bits per heavy atom. The molecule has 10 heteroatoms. The summed E-state index contributed by atoms with van der Waals surface area (Å²) in [6, 6.07) is 10.6. The molecule has 0 atom stereocenters. The Hall–Kier alpha value is -3.59. The first-order valence-electron chi connectivity index (χ1n) is 8.38. The molecule has 3 heterocycles. The van der Waals surface area contributed by atoms with E-state index in [1.807, 2.05) is 6.07 Å². The van der Waals surface area contributed by atoms with Crippen molar-refractivity contribution in [3.8, 4) is 17.2 Å². The SMILES string of the molecule is O=C(CCc1nc(-c2ccccn2)no1)Nc1cccc(Cl)c1-n1cncn1. The summed E-state index contributed by atoms with van der Waals surface area (Å²) >= 11 is 6.26. The summed E-state index contributed by atoms with van der Waals surface area (Å²) < 4.78 is 6.69. The molecular formula is C18H14ClN7O2. The first-order chi connectivity index (χ1) is 13.7. The molecule has 4 rings (SSSR count). The fraction of sp³-hybridized carbons (Fsp3) is 0.111. The fourth-order valence-corrected chi connectivity index (χ4v) is 2.82. The summed E-state index contributed by atoms with van der Waals surface area (Å²) in [6.07, 6.45) is 5.01. The molecule has 3 aromatic heterocycles. The second-order valence-corrected chi connectivity index (χ2v) is 6.16. The van der Waals surface area contributed by atoms with Crippen LogP contribution in [-0.2, 0) is 11.2 Å². The number of carbonyl (C=O) groups is 1. The Morgan fingerprint density at radius 2 is 2.14 bits per heavy atom. The van der Waals surface area contributed by atoms with Crippen LogP contribution in [0.15, 0.2) is 59.8 Å². The summed E-state index contributed by atoms with van der Waals surface area (Å²) in [4.78, 5) is 24.7. The van der Waals surface area contributed by atoms with Gasteiger partial charge < -0.3 is 9.84 Å². The summed E-state index contributed by atoms with van der Waals surface area (Å²) in [5.41, 5.74) is 1.69. The van der Waals surface area contributed by atoms with Crippen LogP contribution in [0.5, 0.6) is 0 Å². The Morgan fingerprint density at radius 1 is 1.21 bits per heavy atom. The molecule has 0 aliphatic heterocycles. The molecule has 0 radical (unpaired) electrons. The van der Waals surface area contributed by atoms with Crippen molar-refractivity contribution in [3.05, 3.63) is 66.2 Å². The first kappa shape index (κ1) is 17.8. The van der Waals surface area contributed by atoms with Crippen molar-refractivity contribution < 1.29 is 9.32 Å². The van der Waals surface area contributed by atoms with Gasteiger partial charge in [-0.1, -0.05) is 28.9 Å². The quantitative estimate of drug-likeness (QED) is 0.534. The number of carbonyl (C=O) groups excluding carboxylic acids is 1. The highest BCUT2D eigenvalue weighted by Gasteiger charge is 2.15. The minimum absolute atomic E-state index is 0.160. The van der Waals surface area contributed by atoms with Gasteiger partial charge in [0.25, 0.3) is 0 Å².